The van der Waals surface area contributed by atoms with Crippen LogP contribution in [0.2, 0.25) is 0 Å². The molecule has 4 rings (SSSR count). The van der Waals surface area contributed by atoms with Crippen LogP contribution >= 0.6 is 0 Å². The van der Waals surface area contributed by atoms with Crippen molar-refractivity contribution in [2.45, 2.75) is 44.4 Å². The number of rotatable bonds is 6. The molecule has 0 atom stereocenters. The maximum Gasteiger partial charge on any atom is 0.387 e. The van der Waals surface area contributed by atoms with Gasteiger partial charge in [-0.25, -0.2) is 4.39 Å². The van der Waals surface area contributed by atoms with Crippen LogP contribution in [-0.4, -0.2) is 41.2 Å². The van der Waals surface area contributed by atoms with Crippen LogP contribution in [0.15, 0.2) is 30.5 Å². The summed E-state index contributed by atoms with van der Waals surface area (Å²) in [7, 11) is 0. The van der Waals surface area contributed by atoms with E-state index in [2.05, 4.69) is 9.72 Å². The predicted octanol–water partition coefficient (Wildman–Crippen LogP) is 4.49. The molecule has 0 amide bonds. The van der Waals surface area contributed by atoms with Gasteiger partial charge in [0.2, 0.25) is 0 Å². The molecule has 5 nitrogen and oxygen atoms in total. The average molecular weight is 442 g/mol. The lowest BCUT2D eigenvalue weighted by atomic mass is 10.0. The van der Waals surface area contributed by atoms with Gasteiger partial charge in [-0.1, -0.05) is 6.07 Å². The van der Waals surface area contributed by atoms with E-state index in [-0.39, 0.29) is 24.2 Å². The molecule has 0 radical (unpaired) electrons. The van der Waals surface area contributed by atoms with E-state index in [1.807, 2.05) is 0 Å². The van der Waals surface area contributed by atoms with Crippen LogP contribution in [0.5, 0.6) is 5.75 Å². The quantitative estimate of drug-likeness (QED) is 0.488. The van der Waals surface area contributed by atoms with Gasteiger partial charge in [-0.05, 0) is 42.2 Å². The lowest BCUT2D eigenvalue weighted by Gasteiger charge is -2.33. The zero-order chi connectivity index (χ0) is 22.4. The van der Waals surface area contributed by atoms with Gasteiger partial charge in [0.1, 0.15) is 11.3 Å². The summed E-state index contributed by atoms with van der Waals surface area (Å²) in [4.78, 5) is 17.5. The number of pyridine rings is 1. The van der Waals surface area contributed by atoms with Crippen molar-refractivity contribution in [1.82, 2.24) is 9.88 Å². The fourth-order valence-electron chi connectivity index (χ4n) is 3.76. The Morgan fingerprint density at radius 1 is 1.26 bits per heavy atom. The molecular formula is C21H19F5N2O3. The largest absolute Gasteiger partial charge is 0.457 e. The van der Waals surface area contributed by atoms with Crippen LogP contribution in [0, 0.1) is 5.82 Å². The summed E-state index contributed by atoms with van der Waals surface area (Å²) in [6.07, 6.45) is 2.63. The highest BCUT2D eigenvalue weighted by molar-refractivity contribution is 5.73. The zero-order valence-electron chi connectivity index (χ0n) is 16.5. The highest BCUT2D eigenvalue weighted by atomic mass is 19.3. The number of esters is 1. The van der Waals surface area contributed by atoms with Gasteiger partial charge >= 0.3 is 12.6 Å². The minimum absolute atomic E-state index is 0.0258. The van der Waals surface area contributed by atoms with E-state index in [4.69, 9.17) is 4.74 Å². The monoisotopic (exact) mass is 442 g/mol. The predicted molar refractivity (Wildman–Crippen MR) is 99.2 cm³/mol. The second-order valence-corrected chi connectivity index (χ2v) is 7.95. The highest BCUT2D eigenvalue weighted by Gasteiger charge is 2.51. The summed E-state index contributed by atoms with van der Waals surface area (Å²) in [6.45, 7) is -2.08. The number of ether oxygens (including phenoxy) is 2. The molecule has 1 spiro atoms. The molecule has 2 heterocycles. The van der Waals surface area contributed by atoms with E-state index in [0.717, 1.165) is 31.9 Å². The summed E-state index contributed by atoms with van der Waals surface area (Å²) >= 11 is 0. The molecule has 166 valence electrons. The van der Waals surface area contributed by atoms with E-state index < -0.39 is 41.4 Å². The third-order valence-corrected chi connectivity index (χ3v) is 5.26. The van der Waals surface area contributed by atoms with E-state index in [9.17, 15) is 26.7 Å². The van der Waals surface area contributed by atoms with E-state index >= 15 is 0 Å². The molecule has 1 aliphatic carbocycles. The second-order valence-electron chi connectivity index (χ2n) is 7.95. The molecule has 0 bridgehead atoms. The Hall–Kier alpha value is -2.75. The number of morpholine rings is 1. The number of carbonyl (C=O) groups excluding carboxylic acids is 1. The van der Waals surface area contributed by atoms with Gasteiger partial charge in [0.15, 0.2) is 11.6 Å². The Kier molecular flexibility index (Phi) is 5.36. The zero-order valence-corrected chi connectivity index (χ0v) is 16.5. The number of nitrogens with zero attached hydrogens (tertiary/aromatic N) is 2. The first-order chi connectivity index (χ1) is 14.5. The van der Waals surface area contributed by atoms with Crippen LogP contribution in [0.3, 0.4) is 0 Å². The topological polar surface area (TPSA) is 51.7 Å². The standard InChI is InChI=1S/C21H19F5N2O3/c1-20(25,26)18-14(9-28-10-17(29)31-21(11-28)4-5-21)6-13(8-27-18)12-2-3-15(22)16(7-12)30-19(23)24/h2-3,6-8,19H,4-5,9-11H2,1H3. The number of benzene rings is 1. The third-order valence-electron chi connectivity index (χ3n) is 5.26. The molecule has 0 unspecified atom stereocenters. The molecule has 10 heteroatoms. The number of hydrogen-bond donors (Lipinski definition) is 0. The van der Waals surface area contributed by atoms with Crippen LogP contribution in [-0.2, 0) is 22.0 Å². The molecule has 2 aromatic rings. The lowest BCUT2D eigenvalue weighted by Crippen LogP contribution is -2.46. The number of halogens is 5. The molecular weight excluding hydrogens is 423 g/mol. The van der Waals surface area contributed by atoms with Gasteiger partial charge < -0.3 is 9.47 Å². The van der Waals surface area contributed by atoms with E-state index in [1.165, 1.54) is 18.3 Å². The molecule has 1 aromatic carbocycles. The number of carbonyl (C=O) groups is 1. The number of aromatic nitrogens is 1. The first-order valence-electron chi connectivity index (χ1n) is 9.61. The van der Waals surface area contributed by atoms with Crippen LogP contribution in [0.1, 0.15) is 31.0 Å². The Morgan fingerprint density at radius 3 is 2.65 bits per heavy atom. The van der Waals surface area contributed by atoms with E-state index in [0.29, 0.717) is 12.1 Å². The van der Waals surface area contributed by atoms with Crippen LogP contribution in [0.4, 0.5) is 22.0 Å². The molecule has 1 saturated carbocycles. The first-order valence-corrected chi connectivity index (χ1v) is 9.61. The van der Waals surface area contributed by atoms with Crippen molar-refractivity contribution in [2.75, 3.05) is 13.1 Å². The van der Waals surface area contributed by atoms with Crippen molar-refractivity contribution < 1.29 is 36.2 Å². The highest BCUT2D eigenvalue weighted by Crippen LogP contribution is 2.43. The molecule has 0 N–H and O–H groups in total. The van der Waals surface area contributed by atoms with Crippen LogP contribution < -0.4 is 4.74 Å². The summed E-state index contributed by atoms with van der Waals surface area (Å²) < 4.78 is 76.6. The average Bonchev–Trinajstić information content (AvgIpc) is 3.39. The van der Waals surface area contributed by atoms with E-state index in [1.54, 1.807) is 4.90 Å². The summed E-state index contributed by atoms with van der Waals surface area (Å²) in [5.41, 5.74) is -0.216. The molecule has 2 aliphatic rings. The molecule has 1 aliphatic heterocycles. The van der Waals surface area contributed by atoms with Gasteiger partial charge in [-0.2, -0.15) is 17.6 Å². The second kappa shape index (κ2) is 7.74. The lowest BCUT2D eigenvalue weighted by molar-refractivity contribution is -0.162. The maximum atomic E-state index is 14.2. The Labute approximate surface area is 174 Å². The number of alkyl halides is 4. The van der Waals surface area contributed by atoms with Crippen molar-refractivity contribution in [2.24, 2.45) is 0 Å². The first kappa shape index (κ1) is 21.5. The summed E-state index contributed by atoms with van der Waals surface area (Å²) in [5, 5.41) is 0. The normalized spacial score (nSPS) is 18.4. The van der Waals surface area contributed by atoms with Crippen molar-refractivity contribution in [3.05, 3.63) is 47.5 Å². The van der Waals surface area contributed by atoms with Crippen molar-refractivity contribution >= 4 is 5.97 Å². The SMILES string of the molecule is CC(F)(F)c1ncc(-c2ccc(F)c(OC(F)F)c2)cc1CN1CC(=O)OC2(CC2)C1. The van der Waals surface area contributed by atoms with Gasteiger partial charge in [0.25, 0.3) is 5.92 Å². The maximum absolute atomic E-state index is 14.2. The smallest absolute Gasteiger partial charge is 0.387 e. The molecule has 31 heavy (non-hydrogen) atoms. The molecule has 2 fully saturated rings. The molecule has 1 saturated heterocycles. The van der Waals surface area contributed by atoms with Crippen molar-refractivity contribution in [3.8, 4) is 16.9 Å². The van der Waals surface area contributed by atoms with Gasteiger partial charge in [-0.15, -0.1) is 0 Å². The minimum Gasteiger partial charge on any atom is -0.457 e. The van der Waals surface area contributed by atoms with Gasteiger partial charge in [0, 0.05) is 31.8 Å². The van der Waals surface area contributed by atoms with Crippen molar-refractivity contribution in [1.29, 1.82) is 0 Å². The Morgan fingerprint density at radius 2 is 2.00 bits per heavy atom. The Balaban J connectivity index is 1.67. The summed E-state index contributed by atoms with van der Waals surface area (Å²) in [5.74, 6) is -5.29. The van der Waals surface area contributed by atoms with Crippen molar-refractivity contribution in [3.63, 3.8) is 0 Å². The van der Waals surface area contributed by atoms with Gasteiger partial charge in [-0.3, -0.25) is 14.7 Å². The fourth-order valence-corrected chi connectivity index (χ4v) is 3.76. The fraction of sp³-hybridized carbons (Fsp3) is 0.429. The number of hydrogen-bond acceptors (Lipinski definition) is 5. The summed E-state index contributed by atoms with van der Waals surface area (Å²) in [6, 6.07) is 4.77. The third kappa shape index (κ3) is 4.79. The van der Waals surface area contributed by atoms with Gasteiger partial charge in [0.05, 0.1) is 6.54 Å². The molecule has 1 aromatic heterocycles. The minimum atomic E-state index is -3.24. The Bertz CT molecular complexity index is 1000. The van der Waals surface area contributed by atoms with Crippen LogP contribution in [0.25, 0.3) is 11.1 Å².